The molecular formula is C10H12N6S6. The van der Waals surface area contributed by atoms with E-state index in [-0.39, 0.29) is 0 Å². The van der Waals surface area contributed by atoms with Gasteiger partial charge in [0.25, 0.3) is 0 Å². The molecule has 0 aromatic carbocycles. The van der Waals surface area contributed by atoms with Crippen molar-refractivity contribution < 1.29 is 0 Å². The Kier molecular flexibility index (Phi) is 7.91. The van der Waals surface area contributed by atoms with E-state index in [0.29, 0.717) is 30.9 Å². The zero-order chi connectivity index (χ0) is 15.9. The molecule has 0 saturated carbocycles. The summed E-state index contributed by atoms with van der Waals surface area (Å²) in [6.07, 6.45) is 7.79. The van der Waals surface area contributed by atoms with Crippen molar-refractivity contribution in [3.63, 3.8) is 0 Å². The van der Waals surface area contributed by atoms with E-state index in [9.17, 15) is 0 Å². The summed E-state index contributed by atoms with van der Waals surface area (Å²) in [6.45, 7) is 0. The molecule has 2 rings (SSSR count). The number of aromatic nitrogens is 6. The minimum atomic E-state index is 0.658. The van der Waals surface area contributed by atoms with Crippen LogP contribution in [0.2, 0.25) is 0 Å². The van der Waals surface area contributed by atoms with E-state index in [1.807, 2.05) is 25.0 Å². The first-order chi connectivity index (χ1) is 10.7. The molecule has 0 unspecified atom stereocenters. The largest absolute Gasteiger partial charge is 0.203 e. The summed E-state index contributed by atoms with van der Waals surface area (Å²) >= 11 is 6.00. The number of hydrogen-bond donors (Lipinski definition) is 0. The zero-order valence-electron chi connectivity index (χ0n) is 12.1. The maximum atomic E-state index is 4.39. The lowest BCUT2D eigenvalue weighted by Gasteiger charge is -2.04. The Bertz CT molecular complexity index is 541. The van der Waals surface area contributed by atoms with Crippen molar-refractivity contribution in [2.24, 2.45) is 0 Å². The zero-order valence-corrected chi connectivity index (χ0v) is 17.0. The molecule has 0 bridgehead atoms. The highest BCUT2D eigenvalue weighted by atomic mass is 33.1. The van der Waals surface area contributed by atoms with Crippen LogP contribution in [0, 0.1) is 0 Å². The van der Waals surface area contributed by atoms with E-state index < -0.39 is 0 Å². The molecule has 2 aromatic heterocycles. The normalized spacial score (nSPS) is 10.9. The van der Waals surface area contributed by atoms with E-state index in [1.54, 1.807) is 0 Å². The van der Waals surface area contributed by atoms with Crippen molar-refractivity contribution in [1.29, 1.82) is 0 Å². The summed E-state index contributed by atoms with van der Waals surface area (Å²) in [7, 11) is 2.85. The van der Waals surface area contributed by atoms with Crippen LogP contribution in [-0.2, 0) is 0 Å². The van der Waals surface area contributed by atoms with Gasteiger partial charge in [0.2, 0.25) is 10.3 Å². The summed E-state index contributed by atoms with van der Waals surface area (Å²) < 4.78 is 0. The first kappa shape index (κ1) is 18.5. The standard InChI is InChI=1S/C10H12N6S6/c1-17-5-11-6(18-2)14-9(13-5)21-22-10-15-7(19-3)12-8(16-10)20-4/h1-4H3. The second-order valence-corrected chi connectivity index (χ2v) is 8.51. The van der Waals surface area contributed by atoms with Gasteiger partial charge in [-0.15, -0.1) is 0 Å². The van der Waals surface area contributed by atoms with Crippen LogP contribution in [0.15, 0.2) is 30.9 Å². The molecule has 118 valence electrons. The summed E-state index contributed by atoms with van der Waals surface area (Å²) in [5, 5.41) is 4.18. The van der Waals surface area contributed by atoms with Gasteiger partial charge in [-0.25, -0.2) is 0 Å². The SMILES string of the molecule is CSc1nc(SC)nc(SSc2nc(SC)nc(SC)n2)n1. The van der Waals surface area contributed by atoms with Crippen LogP contribution in [0.5, 0.6) is 0 Å². The minimum absolute atomic E-state index is 0.658. The van der Waals surface area contributed by atoms with E-state index in [0.717, 1.165) is 0 Å². The fourth-order valence-corrected chi connectivity index (χ4v) is 4.46. The summed E-state index contributed by atoms with van der Waals surface area (Å²) in [5.74, 6) is 0. The molecule has 6 nitrogen and oxygen atoms in total. The van der Waals surface area contributed by atoms with Gasteiger partial charge >= 0.3 is 0 Å². The van der Waals surface area contributed by atoms with Crippen molar-refractivity contribution >= 4 is 68.6 Å². The molecule has 0 aliphatic heterocycles. The molecule has 0 aliphatic carbocycles. The summed E-state index contributed by atoms with van der Waals surface area (Å²) in [4.78, 5) is 26.2. The lowest BCUT2D eigenvalue weighted by atomic mass is 11.1. The maximum Gasteiger partial charge on any atom is 0.203 e. The molecule has 0 radical (unpaired) electrons. The first-order valence-corrected chi connectivity index (χ1v) is 12.8. The highest BCUT2D eigenvalue weighted by Crippen LogP contribution is 2.35. The molecule has 0 fully saturated rings. The molecule has 0 aliphatic rings. The second kappa shape index (κ2) is 9.42. The number of thioether (sulfide) groups is 4. The molecule has 2 aromatic rings. The molecule has 12 heteroatoms. The molecule has 22 heavy (non-hydrogen) atoms. The second-order valence-electron chi connectivity index (χ2n) is 3.35. The number of nitrogens with zero attached hydrogens (tertiary/aromatic N) is 6. The lowest BCUT2D eigenvalue weighted by molar-refractivity contribution is 0.718. The van der Waals surface area contributed by atoms with E-state index >= 15 is 0 Å². The van der Waals surface area contributed by atoms with Gasteiger partial charge in [0.05, 0.1) is 0 Å². The Morgan fingerprint density at radius 2 is 0.636 bits per heavy atom. The third-order valence-electron chi connectivity index (χ3n) is 2.07. The highest BCUT2D eigenvalue weighted by Gasteiger charge is 2.10. The third-order valence-corrected chi connectivity index (χ3v) is 6.15. The van der Waals surface area contributed by atoms with Gasteiger partial charge in [-0.3, -0.25) is 0 Å². The molecule has 0 N–H and O–H groups in total. The average Bonchev–Trinajstić information content (AvgIpc) is 2.59. The van der Waals surface area contributed by atoms with Gasteiger partial charge in [0.1, 0.15) is 0 Å². The van der Waals surface area contributed by atoms with E-state index in [4.69, 9.17) is 0 Å². The van der Waals surface area contributed by atoms with Crippen LogP contribution >= 0.6 is 68.6 Å². The van der Waals surface area contributed by atoms with Crippen molar-refractivity contribution in [3.8, 4) is 0 Å². The Morgan fingerprint density at radius 3 is 0.864 bits per heavy atom. The van der Waals surface area contributed by atoms with Gasteiger partial charge in [0.15, 0.2) is 20.6 Å². The van der Waals surface area contributed by atoms with Crippen LogP contribution in [0.1, 0.15) is 0 Å². The van der Waals surface area contributed by atoms with Crippen LogP contribution < -0.4 is 0 Å². The first-order valence-electron chi connectivity index (χ1n) is 5.71. The molecular weight excluding hydrogens is 397 g/mol. The van der Waals surface area contributed by atoms with Crippen molar-refractivity contribution in [3.05, 3.63) is 0 Å². The van der Waals surface area contributed by atoms with Gasteiger partial charge in [0, 0.05) is 0 Å². The summed E-state index contributed by atoms with van der Waals surface area (Å²) in [5.41, 5.74) is 0. The van der Waals surface area contributed by atoms with Crippen LogP contribution in [0.4, 0.5) is 0 Å². The van der Waals surface area contributed by atoms with Gasteiger partial charge in [-0.1, -0.05) is 47.0 Å². The summed E-state index contributed by atoms with van der Waals surface area (Å²) in [6, 6.07) is 0. The van der Waals surface area contributed by atoms with Crippen LogP contribution in [0.3, 0.4) is 0 Å². The Balaban J connectivity index is 2.15. The fourth-order valence-electron chi connectivity index (χ4n) is 1.16. The monoisotopic (exact) mass is 408 g/mol. The Labute approximate surface area is 153 Å². The van der Waals surface area contributed by atoms with Crippen LogP contribution in [-0.4, -0.2) is 54.9 Å². The third kappa shape index (κ3) is 5.34. The van der Waals surface area contributed by atoms with E-state index in [1.165, 1.54) is 68.6 Å². The highest BCUT2D eigenvalue weighted by molar-refractivity contribution is 8.76. The quantitative estimate of drug-likeness (QED) is 0.494. The van der Waals surface area contributed by atoms with Crippen molar-refractivity contribution in [2.45, 2.75) is 30.9 Å². The molecule has 2 heterocycles. The molecule has 0 amide bonds. The molecule has 0 saturated heterocycles. The van der Waals surface area contributed by atoms with Gasteiger partial charge in [-0.2, -0.15) is 29.9 Å². The maximum absolute atomic E-state index is 4.39. The topological polar surface area (TPSA) is 77.3 Å². The Hall–Kier alpha value is 0.120. The van der Waals surface area contributed by atoms with Crippen molar-refractivity contribution in [1.82, 2.24) is 29.9 Å². The smallest absolute Gasteiger partial charge is 0.196 e. The predicted molar refractivity (Wildman–Crippen MR) is 98.5 cm³/mol. The lowest BCUT2D eigenvalue weighted by Crippen LogP contribution is -1.97. The number of rotatable bonds is 7. The van der Waals surface area contributed by atoms with Gasteiger partial charge in [-0.05, 0) is 46.6 Å². The molecule has 0 atom stereocenters. The fraction of sp³-hybridized carbons (Fsp3) is 0.400. The van der Waals surface area contributed by atoms with Gasteiger partial charge < -0.3 is 0 Å². The minimum Gasteiger partial charge on any atom is -0.196 e. The van der Waals surface area contributed by atoms with Crippen LogP contribution in [0.25, 0.3) is 0 Å². The predicted octanol–water partition coefficient (Wildman–Crippen LogP) is 3.74. The Morgan fingerprint density at radius 1 is 0.409 bits per heavy atom. The average molecular weight is 409 g/mol. The van der Waals surface area contributed by atoms with Crippen molar-refractivity contribution in [2.75, 3.05) is 25.0 Å². The van der Waals surface area contributed by atoms with E-state index in [2.05, 4.69) is 29.9 Å². The number of hydrogen-bond acceptors (Lipinski definition) is 12. The molecule has 0 spiro atoms.